The van der Waals surface area contributed by atoms with Crippen molar-refractivity contribution in [1.82, 2.24) is 77.4 Å². The number of benzene rings is 12. The molecular formula is C124H72N16. The average molecular weight is 1790 g/mol. The standard InChI is InChI=1S/4C31H18N4/c1-2-5-19-17(4-1)14-23-20(19)8-7-18-15-24-21(28(18)23)9-10-27-30(24)34-31-22-6-3-12-33-29(22)25-16-32-13-11-26(25)35(27)31;1-2-5-19-17(4-1)14-23-20(19)8-7-18-15-24-21(28(18)23)9-10-27-29(24)34-31-30-22(6-3-12-33-30)25-16-32-13-11-26(25)35(27)31;1-2-4-19-17(3-1)13-23-20(19)6-5-18-14-24-22(29(18)23)7-8-28-30(24)34-31-26-16-32-11-9-21(26)25-15-33-12-10-27(25)35(28)31;1-2-4-19-17(3-1)13-23-20(19)6-5-18-14-24-21(29(18)23)7-8-28-30(24)34-31-22-9-11-32-15-25(22)26-16-33-12-10-27(26)35(28)31/h2*1-13,16H,14-15H2;2*1-12,15-16H,13-14H2. The SMILES string of the molecule is c1ccc2c(c1)Cc1c-2ccc2c1-c1ccc3c(nc4c5cccnc5c5cnccc5n34)c1C2.c1ccc2c(c1)Cc1c-2ccc2c1-c1ccc3c(nc4c5ccncc5c5cnccc5n34)c1C2.c1ccc2c(c1)Cc1c-2ccc2c1-c1ccc3c(nc4c5cnccc5c5cnccc5n34)c1C2.c1ccc2c(c1)Cc1c-2ccc2c1-c1ccc3c(nc4c5ncccc5c5cnccc5n34)c1C2. The molecule has 16 nitrogen and oxygen atoms in total. The van der Waals surface area contributed by atoms with Crippen molar-refractivity contribution in [2.24, 2.45) is 0 Å². The van der Waals surface area contributed by atoms with Crippen LogP contribution >= 0.6 is 0 Å². The minimum absolute atomic E-state index is 0.913. The maximum absolute atomic E-state index is 5.30. The van der Waals surface area contributed by atoms with Gasteiger partial charge in [0.25, 0.3) is 0 Å². The smallest absolute Gasteiger partial charge is 0.165 e. The summed E-state index contributed by atoms with van der Waals surface area (Å²) in [5.41, 5.74) is 63.8. The molecule has 8 aliphatic carbocycles. The molecule has 0 atom stereocenters. The van der Waals surface area contributed by atoms with E-state index in [0.717, 1.165) is 205 Å². The summed E-state index contributed by atoms with van der Waals surface area (Å²) in [6, 6.07) is 92.9. The van der Waals surface area contributed by atoms with Gasteiger partial charge in [0.2, 0.25) is 0 Å². The summed E-state index contributed by atoms with van der Waals surface area (Å²) in [5.74, 6) is 0. The van der Waals surface area contributed by atoms with Crippen LogP contribution in [0.15, 0.2) is 342 Å². The van der Waals surface area contributed by atoms with E-state index in [1.165, 1.54) is 178 Å². The molecule has 0 fully saturated rings. The average Bonchev–Trinajstić information content (AvgIpc) is 1.55. The number of fused-ring (bicyclic) bond motifs is 64. The van der Waals surface area contributed by atoms with E-state index in [1.54, 1.807) is 0 Å². The summed E-state index contributed by atoms with van der Waals surface area (Å²) >= 11 is 0. The lowest BCUT2D eigenvalue weighted by Crippen LogP contribution is -1.93. The Balaban J connectivity index is 0.0000000829. The van der Waals surface area contributed by atoms with Crippen molar-refractivity contribution in [3.8, 4) is 89.0 Å². The van der Waals surface area contributed by atoms with Crippen molar-refractivity contribution in [3.05, 3.63) is 431 Å². The molecule has 140 heavy (non-hydrogen) atoms. The van der Waals surface area contributed by atoms with Crippen LogP contribution in [0.3, 0.4) is 0 Å². The number of nitrogens with zero attached hydrogens (tertiary/aromatic N) is 16. The monoisotopic (exact) mass is 1780 g/mol. The summed E-state index contributed by atoms with van der Waals surface area (Å²) in [6.45, 7) is 0. The van der Waals surface area contributed by atoms with Gasteiger partial charge in [-0.05, 0) is 288 Å². The lowest BCUT2D eigenvalue weighted by molar-refractivity contribution is 1.24. The zero-order valence-electron chi connectivity index (χ0n) is 75.1. The highest BCUT2D eigenvalue weighted by molar-refractivity contribution is 6.19. The Hall–Kier alpha value is -18.3. The summed E-state index contributed by atoms with van der Waals surface area (Å²) in [5, 5.41) is 10.9. The molecule has 28 aromatic rings. The van der Waals surface area contributed by atoms with Gasteiger partial charge in [-0.1, -0.05) is 176 Å². The molecule has 16 heteroatoms. The van der Waals surface area contributed by atoms with E-state index in [9.17, 15) is 0 Å². The molecular weight excluding hydrogens is 1710 g/mol. The predicted octanol–water partition coefficient (Wildman–Crippen LogP) is 26.9. The third-order valence-corrected chi connectivity index (χ3v) is 32.0. The van der Waals surface area contributed by atoms with Gasteiger partial charge in [-0.2, -0.15) is 0 Å². The van der Waals surface area contributed by atoms with Crippen molar-refractivity contribution in [3.63, 3.8) is 0 Å². The molecule has 16 aromatic heterocycles. The molecule has 12 aromatic carbocycles. The highest BCUT2D eigenvalue weighted by atomic mass is 15.1. The van der Waals surface area contributed by atoms with Gasteiger partial charge in [0.05, 0.1) is 71.7 Å². The van der Waals surface area contributed by atoms with Crippen LogP contribution < -0.4 is 0 Å². The molecule has 0 unspecified atom stereocenters. The van der Waals surface area contributed by atoms with E-state index in [1.807, 2.05) is 98.9 Å². The van der Waals surface area contributed by atoms with Gasteiger partial charge in [0, 0.05) is 161 Å². The molecule has 8 aliphatic rings. The molecule has 0 saturated carbocycles. The molecule has 648 valence electrons. The van der Waals surface area contributed by atoms with Crippen LogP contribution in [0, 0.1) is 0 Å². The second kappa shape index (κ2) is 27.7. The minimum atomic E-state index is 0.913. The number of hydrogen-bond acceptors (Lipinski definition) is 12. The molecule has 0 radical (unpaired) electrons. The van der Waals surface area contributed by atoms with Crippen LogP contribution in [0.1, 0.15) is 89.0 Å². The van der Waals surface area contributed by atoms with Crippen LogP contribution in [0.2, 0.25) is 0 Å². The highest BCUT2D eigenvalue weighted by Gasteiger charge is 2.38. The molecule has 0 spiro atoms. The summed E-state index contributed by atoms with van der Waals surface area (Å²) < 4.78 is 9.16. The summed E-state index contributed by atoms with van der Waals surface area (Å²) in [4.78, 5) is 57.0. The van der Waals surface area contributed by atoms with Crippen LogP contribution in [0.4, 0.5) is 0 Å². The fraction of sp³-hybridized carbons (Fsp3) is 0.0645. The van der Waals surface area contributed by atoms with E-state index in [2.05, 4.69) is 290 Å². The second-order valence-electron chi connectivity index (χ2n) is 38.7. The zero-order valence-corrected chi connectivity index (χ0v) is 75.1. The number of imidazole rings is 4. The van der Waals surface area contributed by atoms with E-state index < -0.39 is 0 Å². The molecule has 0 amide bonds. The first-order valence-electron chi connectivity index (χ1n) is 48.2. The first-order valence-corrected chi connectivity index (χ1v) is 48.2. The normalized spacial score (nSPS) is 13.5. The lowest BCUT2D eigenvalue weighted by atomic mass is 9.95. The van der Waals surface area contributed by atoms with Crippen molar-refractivity contribution in [2.45, 2.75) is 51.4 Å². The second-order valence-corrected chi connectivity index (χ2v) is 38.7. The fourth-order valence-electron chi connectivity index (χ4n) is 26.2. The highest BCUT2D eigenvalue weighted by Crippen LogP contribution is 2.56. The molecule has 0 aliphatic heterocycles. The van der Waals surface area contributed by atoms with Gasteiger partial charge in [0.15, 0.2) is 5.65 Å². The Bertz CT molecular complexity index is 9460. The number of pyridine rings is 12. The van der Waals surface area contributed by atoms with E-state index in [4.69, 9.17) is 29.9 Å². The largest absolute Gasteiger partial charge is 0.292 e. The molecule has 16 heterocycles. The van der Waals surface area contributed by atoms with E-state index in [0.29, 0.717) is 0 Å². The van der Waals surface area contributed by atoms with Crippen LogP contribution in [-0.2, 0) is 51.4 Å². The maximum Gasteiger partial charge on any atom is 0.165 e. The van der Waals surface area contributed by atoms with E-state index >= 15 is 0 Å². The zero-order chi connectivity index (χ0) is 90.7. The quantitative estimate of drug-likeness (QED) is 0.132. The van der Waals surface area contributed by atoms with Crippen LogP contribution in [0.25, 0.3) is 243 Å². The van der Waals surface area contributed by atoms with Gasteiger partial charge in [-0.3, -0.25) is 57.5 Å². The van der Waals surface area contributed by atoms with Crippen molar-refractivity contribution >= 4 is 154 Å². The van der Waals surface area contributed by atoms with Gasteiger partial charge < -0.3 is 0 Å². The Morgan fingerprint density at radius 1 is 0.157 bits per heavy atom. The van der Waals surface area contributed by atoms with Crippen molar-refractivity contribution in [2.75, 3.05) is 0 Å². The number of hydrogen-bond donors (Lipinski definition) is 0. The fourth-order valence-corrected chi connectivity index (χ4v) is 26.2. The van der Waals surface area contributed by atoms with Crippen LogP contribution in [0.5, 0.6) is 0 Å². The first-order chi connectivity index (χ1) is 69.5. The molecule has 0 N–H and O–H groups in total. The summed E-state index contributed by atoms with van der Waals surface area (Å²) in [6.07, 6.45) is 34.2. The van der Waals surface area contributed by atoms with Gasteiger partial charge in [-0.15, -0.1) is 0 Å². The van der Waals surface area contributed by atoms with E-state index in [-0.39, 0.29) is 0 Å². The van der Waals surface area contributed by atoms with Gasteiger partial charge >= 0.3 is 0 Å². The lowest BCUT2D eigenvalue weighted by Gasteiger charge is -2.09. The van der Waals surface area contributed by atoms with Crippen LogP contribution in [-0.4, -0.2) is 77.4 Å². The molecule has 0 bridgehead atoms. The Morgan fingerprint density at radius 2 is 0.450 bits per heavy atom. The minimum Gasteiger partial charge on any atom is -0.292 e. The number of aromatic nitrogens is 16. The maximum atomic E-state index is 5.30. The topological polar surface area (TPSA) is 172 Å². The Morgan fingerprint density at radius 3 is 0.864 bits per heavy atom. The summed E-state index contributed by atoms with van der Waals surface area (Å²) in [7, 11) is 0. The molecule has 0 saturated heterocycles. The van der Waals surface area contributed by atoms with Crippen molar-refractivity contribution < 1.29 is 0 Å². The Kier molecular flexibility index (Phi) is 14.9. The van der Waals surface area contributed by atoms with Crippen molar-refractivity contribution in [1.29, 1.82) is 0 Å². The third-order valence-electron chi connectivity index (χ3n) is 32.0. The Labute approximate surface area is 796 Å². The van der Waals surface area contributed by atoms with Gasteiger partial charge in [-0.25, -0.2) is 19.9 Å². The number of rotatable bonds is 0. The molecule has 36 rings (SSSR count). The first kappa shape index (κ1) is 75.1. The third kappa shape index (κ3) is 10.1. The van der Waals surface area contributed by atoms with Gasteiger partial charge in [0.1, 0.15) is 22.5 Å². The predicted molar refractivity (Wildman–Crippen MR) is 559 cm³/mol.